The molecule has 9 heteroatoms. The highest BCUT2D eigenvalue weighted by Crippen LogP contribution is 2.22. The maximum atomic E-state index is 7.39. The second-order valence-corrected chi connectivity index (χ2v) is 5.90. The molecule has 0 saturated carbocycles. The normalized spacial score (nSPS) is 10.4. The minimum atomic E-state index is 0.353. The molecule has 4 aromatic rings. The molecule has 138 valence electrons. The first-order chi connectivity index (χ1) is 13.7. The zero-order chi connectivity index (χ0) is 19.3. The maximum absolute atomic E-state index is 7.39. The number of hydrogen-bond acceptors (Lipinski definition) is 8. The van der Waals surface area contributed by atoms with E-state index in [2.05, 4.69) is 35.8 Å². The fourth-order valence-electron chi connectivity index (χ4n) is 2.59. The van der Waals surface area contributed by atoms with Gasteiger partial charge in [0.25, 0.3) is 0 Å². The van der Waals surface area contributed by atoms with Crippen molar-refractivity contribution in [1.29, 1.82) is 5.41 Å². The molecule has 2 heterocycles. The highest BCUT2D eigenvalue weighted by molar-refractivity contribution is 5.87. The average molecular weight is 371 g/mol. The second-order valence-electron chi connectivity index (χ2n) is 5.90. The summed E-state index contributed by atoms with van der Waals surface area (Å²) in [7, 11) is 0. The summed E-state index contributed by atoms with van der Waals surface area (Å²) >= 11 is 0. The Labute approximate surface area is 160 Å². The Hall–Kier alpha value is -4.27. The van der Waals surface area contributed by atoms with Crippen molar-refractivity contribution >= 4 is 35.3 Å². The molecule has 0 fully saturated rings. The number of nitrogens with one attached hydrogen (secondary N) is 4. The van der Waals surface area contributed by atoms with Gasteiger partial charge in [0.15, 0.2) is 5.82 Å². The van der Waals surface area contributed by atoms with Gasteiger partial charge in [0, 0.05) is 29.2 Å². The summed E-state index contributed by atoms with van der Waals surface area (Å²) in [4.78, 5) is 12.6. The van der Waals surface area contributed by atoms with E-state index in [0.29, 0.717) is 29.0 Å². The molecule has 0 unspecified atom stereocenters. The van der Waals surface area contributed by atoms with Crippen molar-refractivity contribution in [2.75, 3.05) is 16.4 Å². The van der Waals surface area contributed by atoms with Gasteiger partial charge in [0.1, 0.15) is 6.33 Å². The maximum Gasteiger partial charge on any atom is 0.233 e. The number of nitrogens with two attached hydrogens (primary N) is 1. The van der Waals surface area contributed by atoms with Crippen LogP contribution in [0.2, 0.25) is 0 Å². The van der Waals surface area contributed by atoms with Crippen LogP contribution >= 0.6 is 0 Å². The molecule has 0 aliphatic heterocycles. The molecule has 9 nitrogen and oxygen atoms in total. The first-order valence-corrected chi connectivity index (χ1v) is 8.45. The first kappa shape index (κ1) is 17.2. The molecule has 0 radical (unpaired) electrons. The topological polar surface area (TPSA) is 141 Å². The van der Waals surface area contributed by atoms with Crippen molar-refractivity contribution in [3.63, 3.8) is 0 Å². The summed E-state index contributed by atoms with van der Waals surface area (Å²) < 4.78 is 0. The quantitative estimate of drug-likeness (QED) is 0.258. The number of benzene rings is 2. The average Bonchev–Trinajstić information content (AvgIpc) is 3.19. The van der Waals surface area contributed by atoms with E-state index in [1.54, 1.807) is 18.2 Å². The lowest BCUT2D eigenvalue weighted by molar-refractivity contribution is 1.04. The fourth-order valence-corrected chi connectivity index (χ4v) is 2.59. The molecule has 6 N–H and O–H groups in total. The second kappa shape index (κ2) is 7.54. The molecular formula is C19H17N9. The number of aromatic amines is 1. The number of rotatable bonds is 6. The van der Waals surface area contributed by atoms with Gasteiger partial charge in [-0.2, -0.15) is 10.1 Å². The SMILES string of the molecule is N=Cc1cc(Nc2ncnc(Nc3cc(-c4ccccc4)[nH]n3)n2)ccc1N. The Bertz CT molecular complexity index is 1110. The Morgan fingerprint density at radius 3 is 2.54 bits per heavy atom. The molecule has 0 aliphatic carbocycles. The summed E-state index contributed by atoms with van der Waals surface area (Å²) in [6, 6.07) is 17.0. The zero-order valence-corrected chi connectivity index (χ0v) is 14.7. The van der Waals surface area contributed by atoms with Gasteiger partial charge in [-0.15, -0.1) is 0 Å². The van der Waals surface area contributed by atoms with Crippen LogP contribution in [0, 0.1) is 5.41 Å². The summed E-state index contributed by atoms with van der Waals surface area (Å²) in [5.74, 6) is 1.30. The van der Waals surface area contributed by atoms with Crippen molar-refractivity contribution < 1.29 is 0 Å². The Morgan fingerprint density at radius 2 is 1.75 bits per heavy atom. The van der Waals surface area contributed by atoms with Crippen molar-refractivity contribution in [1.82, 2.24) is 25.1 Å². The zero-order valence-electron chi connectivity index (χ0n) is 14.7. The van der Waals surface area contributed by atoms with Gasteiger partial charge >= 0.3 is 0 Å². The minimum absolute atomic E-state index is 0.353. The Kier molecular flexibility index (Phi) is 4.62. The fraction of sp³-hybridized carbons (Fsp3) is 0. The van der Waals surface area contributed by atoms with Crippen LogP contribution in [0.4, 0.5) is 29.1 Å². The molecule has 0 aliphatic rings. The Balaban J connectivity index is 1.50. The third-order valence-electron chi connectivity index (χ3n) is 3.97. The number of nitrogens with zero attached hydrogens (tertiary/aromatic N) is 4. The van der Waals surface area contributed by atoms with Gasteiger partial charge in [-0.1, -0.05) is 30.3 Å². The third-order valence-corrected chi connectivity index (χ3v) is 3.97. The van der Waals surface area contributed by atoms with Gasteiger partial charge < -0.3 is 21.8 Å². The van der Waals surface area contributed by atoms with Crippen molar-refractivity contribution in [2.24, 2.45) is 0 Å². The number of anilines is 5. The van der Waals surface area contributed by atoms with Crippen LogP contribution in [-0.4, -0.2) is 31.4 Å². The highest BCUT2D eigenvalue weighted by atomic mass is 15.3. The summed E-state index contributed by atoms with van der Waals surface area (Å²) in [5.41, 5.74) is 9.59. The minimum Gasteiger partial charge on any atom is -0.398 e. The molecule has 0 bridgehead atoms. The van der Waals surface area contributed by atoms with Gasteiger partial charge in [-0.3, -0.25) is 5.10 Å². The summed E-state index contributed by atoms with van der Waals surface area (Å²) in [5, 5.41) is 20.7. The highest BCUT2D eigenvalue weighted by Gasteiger charge is 2.07. The van der Waals surface area contributed by atoms with Crippen LogP contribution in [0.15, 0.2) is 60.9 Å². The Morgan fingerprint density at radius 1 is 0.964 bits per heavy atom. The predicted molar refractivity (Wildman–Crippen MR) is 109 cm³/mol. The lowest BCUT2D eigenvalue weighted by Gasteiger charge is -2.08. The number of H-pyrrole nitrogens is 1. The van der Waals surface area contributed by atoms with Crippen LogP contribution in [-0.2, 0) is 0 Å². The van der Waals surface area contributed by atoms with Gasteiger partial charge in [0.05, 0.1) is 5.69 Å². The molecule has 0 spiro atoms. The molecular weight excluding hydrogens is 354 g/mol. The lowest BCUT2D eigenvalue weighted by atomic mass is 10.2. The molecule has 2 aromatic heterocycles. The van der Waals surface area contributed by atoms with Crippen LogP contribution in [0.1, 0.15) is 5.56 Å². The van der Waals surface area contributed by atoms with Crippen molar-refractivity contribution in [3.05, 3.63) is 66.5 Å². The van der Waals surface area contributed by atoms with E-state index < -0.39 is 0 Å². The first-order valence-electron chi connectivity index (χ1n) is 8.45. The monoisotopic (exact) mass is 371 g/mol. The molecule has 0 saturated heterocycles. The van der Waals surface area contributed by atoms with Gasteiger partial charge in [0.2, 0.25) is 11.9 Å². The van der Waals surface area contributed by atoms with Crippen LogP contribution < -0.4 is 16.4 Å². The van der Waals surface area contributed by atoms with E-state index in [9.17, 15) is 0 Å². The smallest absolute Gasteiger partial charge is 0.233 e. The van der Waals surface area contributed by atoms with E-state index in [4.69, 9.17) is 11.1 Å². The summed E-state index contributed by atoms with van der Waals surface area (Å²) in [6.07, 6.45) is 2.60. The predicted octanol–water partition coefficient (Wildman–Crippen LogP) is 3.33. The van der Waals surface area contributed by atoms with E-state index >= 15 is 0 Å². The van der Waals surface area contributed by atoms with Gasteiger partial charge in [-0.25, -0.2) is 9.97 Å². The van der Waals surface area contributed by atoms with E-state index in [1.165, 1.54) is 12.5 Å². The van der Waals surface area contributed by atoms with E-state index in [0.717, 1.165) is 16.9 Å². The molecule has 0 atom stereocenters. The number of aromatic nitrogens is 5. The van der Waals surface area contributed by atoms with Crippen molar-refractivity contribution in [3.8, 4) is 11.3 Å². The van der Waals surface area contributed by atoms with Gasteiger partial charge in [-0.05, 0) is 23.8 Å². The number of nitrogen functional groups attached to an aromatic ring is 1. The molecule has 0 amide bonds. The lowest BCUT2D eigenvalue weighted by Crippen LogP contribution is -2.03. The number of hydrogen-bond donors (Lipinski definition) is 5. The van der Waals surface area contributed by atoms with E-state index in [1.807, 2.05) is 36.4 Å². The standard InChI is InChI=1S/C19H17N9/c20-10-13-8-14(6-7-15(13)21)24-18-22-11-23-19(26-18)25-17-9-16(27-28-17)12-4-2-1-3-5-12/h1-11,20H,21H2,(H3,22,23,24,25,26,27,28). The van der Waals surface area contributed by atoms with Crippen LogP contribution in [0.3, 0.4) is 0 Å². The van der Waals surface area contributed by atoms with Crippen molar-refractivity contribution in [2.45, 2.75) is 0 Å². The van der Waals surface area contributed by atoms with E-state index in [-0.39, 0.29) is 0 Å². The largest absolute Gasteiger partial charge is 0.398 e. The molecule has 2 aromatic carbocycles. The third kappa shape index (κ3) is 3.78. The van der Waals surface area contributed by atoms with Crippen LogP contribution in [0.25, 0.3) is 11.3 Å². The summed E-state index contributed by atoms with van der Waals surface area (Å²) in [6.45, 7) is 0. The molecule has 28 heavy (non-hydrogen) atoms. The molecule has 4 rings (SSSR count). The van der Waals surface area contributed by atoms with Crippen LogP contribution in [0.5, 0.6) is 0 Å².